The Morgan fingerprint density at radius 3 is 2.63 bits per heavy atom. The highest BCUT2D eigenvalue weighted by atomic mass is 79.9. The average molecular weight is 347 g/mol. The molecule has 1 aromatic heterocycles. The molecule has 2 rings (SSSR count). The number of hydrogen-bond donors (Lipinski definition) is 0. The molecular formula is C11H5BrF2N2O2S. The van der Waals surface area contributed by atoms with Crippen molar-refractivity contribution >= 4 is 33.4 Å². The predicted molar refractivity (Wildman–Crippen MR) is 69.1 cm³/mol. The number of nitro groups is 1. The van der Waals surface area contributed by atoms with Crippen molar-refractivity contribution in [3.8, 4) is 0 Å². The van der Waals surface area contributed by atoms with Gasteiger partial charge in [0.05, 0.1) is 4.92 Å². The molecule has 0 amide bonds. The summed E-state index contributed by atoms with van der Waals surface area (Å²) in [4.78, 5) is 14.5. The first-order chi connectivity index (χ1) is 8.97. The molecule has 0 aliphatic carbocycles. The van der Waals surface area contributed by atoms with E-state index in [2.05, 4.69) is 20.9 Å². The summed E-state index contributed by atoms with van der Waals surface area (Å²) in [6.07, 6.45) is 1.40. The van der Waals surface area contributed by atoms with Gasteiger partial charge >= 0.3 is 5.69 Å². The van der Waals surface area contributed by atoms with E-state index in [0.717, 1.165) is 23.9 Å². The van der Waals surface area contributed by atoms with Crippen molar-refractivity contribution in [2.24, 2.45) is 0 Å². The molecule has 1 heterocycles. The van der Waals surface area contributed by atoms with Crippen LogP contribution >= 0.6 is 27.7 Å². The molecule has 0 bridgehead atoms. The summed E-state index contributed by atoms with van der Waals surface area (Å²) < 4.78 is 26.3. The van der Waals surface area contributed by atoms with Gasteiger partial charge in [0.15, 0.2) is 16.7 Å². The normalized spacial score (nSPS) is 10.5. The van der Waals surface area contributed by atoms with E-state index >= 15 is 0 Å². The summed E-state index contributed by atoms with van der Waals surface area (Å²) >= 11 is 3.98. The molecular weight excluding hydrogens is 342 g/mol. The van der Waals surface area contributed by atoms with Crippen molar-refractivity contribution in [1.29, 1.82) is 0 Å². The first kappa shape index (κ1) is 13.9. The second-order valence-electron chi connectivity index (χ2n) is 3.41. The first-order valence-corrected chi connectivity index (χ1v) is 6.51. The van der Waals surface area contributed by atoms with Crippen molar-refractivity contribution in [3.63, 3.8) is 0 Å². The zero-order valence-corrected chi connectivity index (χ0v) is 11.5. The Kier molecular flexibility index (Phi) is 4.11. The van der Waals surface area contributed by atoms with E-state index < -0.39 is 16.6 Å². The number of aromatic nitrogens is 1. The van der Waals surface area contributed by atoms with Crippen LogP contribution in [0.1, 0.15) is 0 Å². The highest BCUT2D eigenvalue weighted by Gasteiger charge is 2.17. The Hall–Kier alpha value is -1.54. The van der Waals surface area contributed by atoms with Crippen LogP contribution in [0.25, 0.3) is 0 Å². The number of nitrogens with zero attached hydrogens (tertiary/aromatic N) is 2. The van der Waals surface area contributed by atoms with Crippen LogP contribution < -0.4 is 0 Å². The second-order valence-corrected chi connectivity index (χ2v) is 5.39. The lowest BCUT2D eigenvalue weighted by Gasteiger charge is -2.03. The van der Waals surface area contributed by atoms with E-state index in [0.29, 0.717) is 9.37 Å². The zero-order valence-electron chi connectivity index (χ0n) is 9.14. The minimum atomic E-state index is -1.01. The number of rotatable bonds is 3. The molecule has 98 valence electrons. The maximum absolute atomic E-state index is 13.1. The number of halogens is 3. The van der Waals surface area contributed by atoms with Crippen LogP contribution in [0.5, 0.6) is 0 Å². The van der Waals surface area contributed by atoms with Gasteiger partial charge in [0.25, 0.3) is 0 Å². The molecule has 0 spiro atoms. The molecule has 0 N–H and O–H groups in total. The van der Waals surface area contributed by atoms with E-state index in [1.165, 1.54) is 18.3 Å². The number of benzene rings is 1. The summed E-state index contributed by atoms with van der Waals surface area (Å²) in [6.45, 7) is 0. The van der Waals surface area contributed by atoms with Crippen molar-refractivity contribution < 1.29 is 13.7 Å². The Bertz CT molecular complexity index is 655. The van der Waals surface area contributed by atoms with Gasteiger partial charge in [-0.25, -0.2) is 13.8 Å². The van der Waals surface area contributed by atoms with E-state index in [-0.39, 0.29) is 10.7 Å². The van der Waals surface area contributed by atoms with E-state index in [4.69, 9.17) is 0 Å². The molecule has 0 fully saturated rings. The van der Waals surface area contributed by atoms with E-state index in [9.17, 15) is 18.9 Å². The van der Waals surface area contributed by atoms with Crippen molar-refractivity contribution in [1.82, 2.24) is 4.98 Å². The minimum Gasteiger partial charge on any atom is -0.258 e. The van der Waals surface area contributed by atoms with Crippen molar-refractivity contribution in [2.45, 2.75) is 9.92 Å². The molecule has 8 heteroatoms. The maximum atomic E-state index is 13.1. The monoisotopic (exact) mass is 346 g/mol. The SMILES string of the molecule is O=[N+]([O-])c1cc(Br)cnc1Sc1ccc(F)c(F)c1. The van der Waals surface area contributed by atoms with Crippen LogP contribution in [0.2, 0.25) is 0 Å². The summed E-state index contributed by atoms with van der Waals surface area (Å²) in [5.41, 5.74) is -0.205. The van der Waals surface area contributed by atoms with Gasteiger partial charge in [-0.05, 0) is 34.1 Å². The third-order valence-corrected chi connectivity index (χ3v) is 3.53. The van der Waals surface area contributed by atoms with Gasteiger partial charge < -0.3 is 0 Å². The Morgan fingerprint density at radius 1 is 1.26 bits per heavy atom. The third kappa shape index (κ3) is 3.27. The van der Waals surface area contributed by atoms with E-state index in [1.807, 2.05) is 0 Å². The number of pyridine rings is 1. The molecule has 0 aliphatic heterocycles. The lowest BCUT2D eigenvalue weighted by molar-refractivity contribution is -0.388. The molecule has 1 aromatic carbocycles. The molecule has 0 atom stereocenters. The smallest absolute Gasteiger partial charge is 0.258 e. The third-order valence-electron chi connectivity index (χ3n) is 2.10. The van der Waals surface area contributed by atoms with Gasteiger partial charge in [-0.3, -0.25) is 10.1 Å². The summed E-state index contributed by atoms with van der Waals surface area (Å²) in [7, 11) is 0. The van der Waals surface area contributed by atoms with Gasteiger partial charge in [0.2, 0.25) is 0 Å². The molecule has 0 saturated heterocycles. The van der Waals surface area contributed by atoms with Crippen LogP contribution in [0.3, 0.4) is 0 Å². The van der Waals surface area contributed by atoms with Crippen LogP contribution in [0.4, 0.5) is 14.5 Å². The van der Waals surface area contributed by atoms with Crippen molar-refractivity contribution in [3.05, 3.63) is 56.7 Å². The maximum Gasteiger partial charge on any atom is 0.302 e. The fraction of sp³-hybridized carbons (Fsp3) is 0. The summed E-state index contributed by atoms with van der Waals surface area (Å²) in [5.74, 6) is -1.98. The van der Waals surface area contributed by atoms with Gasteiger partial charge in [-0.15, -0.1) is 0 Å². The molecule has 0 unspecified atom stereocenters. The van der Waals surface area contributed by atoms with Crippen LogP contribution in [-0.2, 0) is 0 Å². The van der Waals surface area contributed by atoms with Gasteiger partial charge in [-0.2, -0.15) is 0 Å². The Labute approximate surface area is 119 Å². The van der Waals surface area contributed by atoms with E-state index in [1.54, 1.807) is 0 Å². The van der Waals surface area contributed by atoms with Crippen LogP contribution in [-0.4, -0.2) is 9.91 Å². The lowest BCUT2D eigenvalue weighted by Crippen LogP contribution is -1.93. The molecule has 0 radical (unpaired) electrons. The molecule has 2 aromatic rings. The van der Waals surface area contributed by atoms with Gasteiger partial charge in [0, 0.05) is 21.6 Å². The standard InChI is InChI=1S/C11H5BrF2N2O2S/c12-6-3-10(16(17)18)11(15-5-6)19-7-1-2-8(13)9(14)4-7/h1-5H. The summed E-state index contributed by atoms with van der Waals surface area (Å²) in [5, 5.41) is 11.0. The van der Waals surface area contributed by atoms with Crippen LogP contribution in [0.15, 0.2) is 44.9 Å². The number of hydrogen-bond acceptors (Lipinski definition) is 4. The summed E-state index contributed by atoms with van der Waals surface area (Å²) in [6, 6.07) is 4.56. The van der Waals surface area contributed by atoms with Crippen molar-refractivity contribution in [2.75, 3.05) is 0 Å². The molecule has 0 aliphatic rings. The highest BCUT2D eigenvalue weighted by molar-refractivity contribution is 9.10. The Morgan fingerprint density at radius 2 is 2.00 bits per heavy atom. The topological polar surface area (TPSA) is 56.0 Å². The Balaban J connectivity index is 2.37. The fourth-order valence-electron chi connectivity index (χ4n) is 1.28. The molecule has 19 heavy (non-hydrogen) atoms. The highest BCUT2D eigenvalue weighted by Crippen LogP contribution is 2.34. The first-order valence-electron chi connectivity index (χ1n) is 4.90. The molecule has 4 nitrogen and oxygen atoms in total. The fourth-order valence-corrected chi connectivity index (χ4v) is 2.46. The van der Waals surface area contributed by atoms with Crippen LogP contribution in [0, 0.1) is 21.7 Å². The second kappa shape index (κ2) is 5.62. The quantitative estimate of drug-likeness (QED) is 0.617. The predicted octanol–water partition coefficient (Wildman–Crippen LogP) is 4.18. The minimum absolute atomic E-state index is 0.110. The molecule has 0 saturated carbocycles. The largest absolute Gasteiger partial charge is 0.302 e. The van der Waals surface area contributed by atoms with Gasteiger partial charge in [-0.1, -0.05) is 11.8 Å². The zero-order chi connectivity index (χ0) is 14.0. The average Bonchev–Trinajstić information content (AvgIpc) is 2.36. The lowest BCUT2D eigenvalue weighted by atomic mass is 10.3. The van der Waals surface area contributed by atoms with Gasteiger partial charge in [0.1, 0.15) is 0 Å².